The maximum Gasteiger partial charge on any atom is 0.394 e. The van der Waals surface area contributed by atoms with Gasteiger partial charge in [-0.25, -0.2) is 4.79 Å². The van der Waals surface area contributed by atoms with Crippen LogP contribution in [0.4, 0.5) is 0 Å². The van der Waals surface area contributed by atoms with Gasteiger partial charge in [-0.2, -0.15) is 0 Å². The van der Waals surface area contributed by atoms with E-state index in [2.05, 4.69) is 20.8 Å². The van der Waals surface area contributed by atoms with Gasteiger partial charge in [-0.15, -0.1) is 0 Å². The van der Waals surface area contributed by atoms with Crippen LogP contribution in [0, 0.1) is 5.92 Å². The quantitative estimate of drug-likeness (QED) is 0.851. The van der Waals surface area contributed by atoms with Crippen LogP contribution in [0.15, 0.2) is 18.2 Å². The van der Waals surface area contributed by atoms with Crippen molar-refractivity contribution in [3.05, 3.63) is 34.3 Å². The van der Waals surface area contributed by atoms with E-state index < -0.39 is 11.9 Å². The van der Waals surface area contributed by atoms with Gasteiger partial charge in [0.25, 0.3) is 0 Å². The minimum atomic E-state index is -1.37. The molecule has 0 spiro atoms. The number of carboxylic acid groups (broad SMARTS) is 1. The lowest BCUT2D eigenvalue weighted by Crippen LogP contribution is -2.34. The first kappa shape index (κ1) is 16.8. The number of carbonyl (C=O) groups is 2. The van der Waals surface area contributed by atoms with Gasteiger partial charge in [-0.05, 0) is 47.4 Å². The van der Waals surface area contributed by atoms with Crippen molar-refractivity contribution in [3.8, 4) is 0 Å². The molecule has 1 saturated heterocycles. The van der Waals surface area contributed by atoms with E-state index in [0.717, 1.165) is 17.9 Å². The Labute approximate surface area is 136 Å². The number of carbonyl (C=O) groups excluding carboxylic acids is 1. The lowest BCUT2D eigenvalue weighted by molar-refractivity contribution is -0.155. The van der Waals surface area contributed by atoms with Gasteiger partial charge in [0.2, 0.25) is 0 Å². The van der Waals surface area contributed by atoms with Gasteiger partial charge in [0.05, 0.1) is 0 Å². The summed E-state index contributed by atoms with van der Waals surface area (Å²) in [4.78, 5) is 23.7. The smallest absolute Gasteiger partial charge is 0.394 e. The number of likely N-dealkylation sites (tertiary alicyclic amines) is 1. The van der Waals surface area contributed by atoms with Crippen LogP contribution in [-0.4, -0.2) is 35.0 Å². The number of carboxylic acids is 1. The third-order valence-electron chi connectivity index (χ3n) is 4.14. The molecule has 5 heteroatoms. The van der Waals surface area contributed by atoms with Crippen molar-refractivity contribution in [1.29, 1.82) is 0 Å². The van der Waals surface area contributed by atoms with Crippen LogP contribution in [0.3, 0.4) is 0 Å². The van der Waals surface area contributed by atoms with Crippen molar-refractivity contribution < 1.29 is 14.7 Å². The standard InChI is InChI=1S/C17H22ClNO3/c1-17(2,3)14-9-13(18)5-4-12(14)8-11-6-7-19(10-11)15(20)16(21)22/h4-5,9,11H,6-8,10H2,1-3H3,(H,21,22). The molecule has 0 aliphatic carbocycles. The summed E-state index contributed by atoms with van der Waals surface area (Å²) in [7, 11) is 0. The van der Waals surface area contributed by atoms with Crippen LogP contribution in [-0.2, 0) is 21.4 Å². The molecule has 1 aliphatic rings. The highest BCUT2D eigenvalue weighted by molar-refractivity contribution is 6.31. The first-order valence-electron chi connectivity index (χ1n) is 7.49. The number of amides is 1. The largest absolute Gasteiger partial charge is 0.474 e. The van der Waals surface area contributed by atoms with E-state index in [9.17, 15) is 9.59 Å². The Balaban J connectivity index is 2.13. The Morgan fingerprint density at radius 2 is 2.05 bits per heavy atom. The molecule has 1 amide bonds. The Bertz CT molecular complexity index is 592. The molecule has 1 heterocycles. The van der Waals surface area contributed by atoms with Crippen LogP contribution in [0.2, 0.25) is 5.02 Å². The molecule has 1 fully saturated rings. The normalized spacial score (nSPS) is 18.5. The summed E-state index contributed by atoms with van der Waals surface area (Å²) in [5.74, 6) is -1.87. The number of rotatable bonds is 2. The summed E-state index contributed by atoms with van der Waals surface area (Å²) in [6.07, 6.45) is 1.68. The van der Waals surface area contributed by atoms with Crippen molar-refractivity contribution in [2.45, 2.75) is 39.0 Å². The average molecular weight is 324 g/mol. The first-order valence-corrected chi connectivity index (χ1v) is 7.87. The minimum Gasteiger partial charge on any atom is -0.474 e. The highest BCUT2D eigenvalue weighted by atomic mass is 35.5. The second-order valence-electron chi connectivity index (χ2n) is 6.97. The maximum absolute atomic E-state index is 11.5. The van der Waals surface area contributed by atoms with Crippen molar-refractivity contribution in [2.75, 3.05) is 13.1 Å². The Morgan fingerprint density at radius 3 is 2.64 bits per heavy atom. The molecule has 1 N–H and O–H groups in total. The first-order chi connectivity index (χ1) is 10.2. The van der Waals surface area contributed by atoms with Gasteiger partial charge < -0.3 is 10.0 Å². The summed E-state index contributed by atoms with van der Waals surface area (Å²) in [5, 5.41) is 9.52. The van der Waals surface area contributed by atoms with E-state index in [1.165, 1.54) is 16.0 Å². The molecule has 0 radical (unpaired) electrons. The molecular formula is C17H22ClNO3. The zero-order valence-electron chi connectivity index (χ0n) is 13.2. The SMILES string of the molecule is CC(C)(C)c1cc(Cl)ccc1CC1CCN(C(=O)C(=O)O)C1. The summed E-state index contributed by atoms with van der Waals surface area (Å²) in [5.41, 5.74) is 2.43. The molecule has 1 unspecified atom stereocenters. The highest BCUT2D eigenvalue weighted by Crippen LogP contribution is 2.31. The van der Waals surface area contributed by atoms with Gasteiger partial charge in [-0.1, -0.05) is 38.4 Å². The number of benzene rings is 1. The lowest BCUT2D eigenvalue weighted by Gasteiger charge is -2.24. The van der Waals surface area contributed by atoms with E-state index in [0.29, 0.717) is 19.0 Å². The maximum atomic E-state index is 11.5. The van der Waals surface area contributed by atoms with Gasteiger partial charge in [0, 0.05) is 18.1 Å². The molecular weight excluding hydrogens is 302 g/mol. The summed E-state index contributed by atoms with van der Waals surface area (Å²) in [6.45, 7) is 7.48. The molecule has 1 aromatic rings. The number of halogens is 1. The Kier molecular flexibility index (Phi) is 4.81. The molecule has 4 nitrogen and oxygen atoms in total. The molecule has 120 valence electrons. The van der Waals surface area contributed by atoms with Crippen LogP contribution in [0.25, 0.3) is 0 Å². The van der Waals surface area contributed by atoms with Crippen molar-refractivity contribution in [2.24, 2.45) is 5.92 Å². The van der Waals surface area contributed by atoms with Crippen molar-refractivity contribution in [3.63, 3.8) is 0 Å². The van der Waals surface area contributed by atoms with Gasteiger partial charge >= 0.3 is 11.9 Å². The number of nitrogens with zero attached hydrogens (tertiary/aromatic N) is 1. The highest BCUT2D eigenvalue weighted by Gasteiger charge is 2.30. The second kappa shape index (κ2) is 6.29. The third kappa shape index (κ3) is 3.80. The van der Waals surface area contributed by atoms with Gasteiger partial charge in [-0.3, -0.25) is 4.79 Å². The molecule has 0 bridgehead atoms. The second-order valence-corrected chi connectivity index (χ2v) is 7.40. The summed E-state index contributed by atoms with van der Waals surface area (Å²) < 4.78 is 0. The summed E-state index contributed by atoms with van der Waals surface area (Å²) >= 11 is 6.12. The van der Waals surface area contributed by atoms with E-state index >= 15 is 0 Å². The Hall–Kier alpha value is -1.55. The van der Waals surface area contributed by atoms with Crippen LogP contribution in [0.5, 0.6) is 0 Å². The predicted octanol–water partition coefficient (Wildman–Crippen LogP) is 3.11. The zero-order chi connectivity index (χ0) is 16.5. The van der Waals surface area contributed by atoms with Gasteiger partial charge in [0.15, 0.2) is 0 Å². The number of hydrogen-bond acceptors (Lipinski definition) is 2. The molecule has 1 atom stereocenters. The van der Waals surface area contributed by atoms with E-state index in [4.69, 9.17) is 16.7 Å². The van der Waals surface area contributed by atoms with Gasteiger partial charge in [0.1, 0.15) is 0 Å². The van der Waals surface area contributed by atoms with Crippen LogP contribution < -0.4 is 0 Å². The predicted molar refractivity (Wildman–Crippen MR) is 86.2 cm³/mol. The van der Waals surface area contributed by atoms with E-state index in [-0.39, 0.29) is 5.41 Å². The number of aliphatic carboxylic acids is 1. The third-order valence-corrected chi connectivity index (χ3v) is 4.38. The minimum absolute atomic E-state index is 0.00455. The molecule has 1 aliphatic heterocycles. The van der Waals surface area contributed by atoms with E-state index in [1.54, 1.807) is 0 Å². The number of hydrogen-bond donors (Lipinski definition) is 1. The fourth-order valence-electron chi connectivity index (χ4n) is 3.05. The molecule has 1 aromatic carbocycles. The summed E-state index contributed by atoms with van der Waals surface area (Å²) in [6, 6.07) is 5.94. The lowest BCUT2D eigenvalue weighted by atomic mass is 9.81. The van der Waals surface area contributed by atoms with Crippen molar-refractivity contribution >= 4 is 23.5 Å². The Morgan fingerprint density at radius 1 is 1.36 bits per heavy atom. The fourth-order valence-corrected chi connectivity index (χ4v) is 3.23. The average Bonchev–Trinajstić information content (AvgIpc) is 2.87. The molecule has 0 aromatic heterocycles. The molecule has 0 saturated carbocycles. The molecule has 22 heavy (non-hydrogen) atoms. The van der Waals surface area contributed by atoms with Crippen LogP contribution >= 0.6 is 11.6 Å². The van der Waals surface area contributed by atoms with E-state index in [1.807, 2.05) is 18.2 Å². The van der Waals surface area contributed by atoms with Crippen LogP contribution in [0.1, 0.15) is 38.3 Å². The van der Waals surface area contributed by atoms with Crippen molar-refractivity contribution in [1.82, 2.24) is 4.90 Å². The zero-order valence-corrected chi connectivity index (χ0v) is 14.0. The fraction of sp³-hybridized carbons (Fsp3) is 0.529. The molecule has 2 rings (SSSR count). The topological polar surface area (TPSA) is 57.6 Å². The monoisotopic (exact) mass is 323 g/mol.